The van der Waals surface area contributed by atoms with Gasteiger partial charge in [-0.25, -0.2) is 8.42 Å². The lowest BCUT2D eigenvalue weighted by Crippen LogP contribution is -2.15. The Morgan fingerprint density at radius 1 is 1.15 bits per heavy atom. The lowest BCUT2D eigenvalue weighted by atomic mass is 10.2. The minimum atomic E-state index is -4.21. The van der Waals surface area contributed by atoms with Crippen molar-refractivity contribution in [2.24, 2.45) is 5.10 Å². The fourth-order valence-electron chi connectivity index (χ4n) is 2.73. The normalized spacial score (nSPS) is 11.3. The number of hydrogen-bond donors (Lipinski definition) is 3. The molecule has 0 radical (unpaired) electrons. The van der Waals surface area contributed by atoms with E-state index >= 15 is 0 Å². The van der Waals surface area contributed by atoms with Gasteiger partial charge < -0.3 is 9.84 Å². The number of phenols is 1. The van der Waals surface area contributed by atoms with Crippen molar-refractivity contribution in [2.75, 3.05) is 16.8 Å². The van der Waals surface area contributed by atoms with Crippen LogP contribution in [0.2, 0.25) is 5.02 Å². The van der Waals surface area contributed by atoms with Crippen LogP contribution in [0.25, 0.3) is 0 Å². The van der Waals surface area contributed by atoms with Gasteiger partial charge in [0.2, 0.25) is 0 Å². The number of hydrazone groups is 1. The highest BCUT2D eigenvalue weighted by Gasteiger charge is 2.22. The molecule has 3 rings (SSSR count). The summed E-state index contributed by atoms with van der Waals surface area (Å²) in [5, 5.41) is 25.4. The van der Waals surface area contributed by atoms with E-state index < -0.39 is 20.6 Å². The Labute approximate surface area is 194 Å². The van der Waals surface area contributed by atoms with Crippen molar-refractivity contribution in [3.8, 4) is 11.5 Å². The number of anilines is 2. The Balaban J connectivity index is 1.90. The number of benzene rings is 3. The summed E-state index contributed by atoms with van der Waals surface area (Å²) in [5.74, 6) is 0.242. The zero-order valence-corrected chi connectivity index (χ0v) is 18.8. The summed E-state index contributed by atoms with van der Waals surface area (Å²) < 4.78 is 33.6. The Morgan fingerprint density at radius 2 is 1.88 bits per heavy atom. The van der Waals surface area contributed by atoms with Crippen molar-refractivity contribution >= 4 is 44.9 Å². The molecule has 0 bridgehead atoms. The van der Waals surface area contributed by atoms with Crippen LogP contribution in [0.5, 0.6) is 11.5 Å². The van der Waals surface area contributed by atoms with Crippen LogP contribution >= 0.6 is 11.6 Å². The second kappa shape index (κ2) is 10.2. The number of hydrogen-bond acceptors (Lipinski definition) is 8. The highest BCUT2D eigenvalue weighted by Crippen LogP contribution is 2.29. The Hall–Kier alpha value is -3.83. The first-order valence-corrected chi connectivity index (χ1v) is 11.4. The number of rotatable bonds is 9. The Morgan fingerprint density at radius 3 is 2.55 bits per heavy atom. The number of nitrogens with one attached hydrogen (secondary N) is 2. The quantitative estimate of drug-likeness (QED) is 0.226. The maximum atomic E-state index is 13.0. The molecule has 0 aromatic heterocycles. The second-order valence-corrected chi connectivity index (χ2v) is 8.67. The van der Waals surface area contributed by atoms with Gasteiger partial charge in [0.05, 0.1) is 23.4 Å². The molecule has 3 aromatic rings. The third-order valence-electron chi connectivity index (χ3n) is 4.24. The molecule has 0 saturated heterocycles. The molecule has 0 aliphatic rings. The van der Waals surface area contributed by atoms with Gasteiger partial charge >= 0.3 is 0 Å². The third-order valence-corrected chi connectivity index (χ3v) is 5.92. The van der Waals surface area contributed by atoms with Gasteiger partial charge in [0, 0.05) is 22.8 Å². The summed E-state index contributed by atoms with van der Waals surface area (Å²) in [6.45, 7) is 2.13. The van der Waals surface area contributed by atoms with Gasteiger partial charge in [-0.05, 0) is 61.0 Å². The first-order chi connectivity index (χ1) is 15.7. The Bertz CT molecular complexity index is 1300. The smallest absolute Gasteiger partial charge is 0.270 e. The number of ether oxygens (including phenoxy) is 1. The van der Waals surface area contributed by atoms with Crippen molar-refractivity contribution in [1.82, 2.24) is 0 Å². The van der Waals surface area contributed by atoms with E-state index in [0.717, 1.165) is 12.1 Å². The molecule has 0 amide bonds. The van der Waals surface area contributed by atoms with Crippen molar-refractivity contribution in [1.29, 1.82) is 0 Å². The summed E-state index contributed by atoms with van der Waals surface area (Å²) in [6.07, 6.45) is 1.38. The van der Waals surface area contributed by atoms with Crippen LogP contribution in [0.15, 0.2) is 70.7 Å². The van der Waals surface area contributed by atoms with E-state index in [2.05, 4.69) is 15.2 Å². The summed E-state index contributed by atoms with van der Waals surface area (Å²) in [4.78, 5) is 10.1. The second-order valence-electron chi connectivity index (χ2n) is 6.58. The SMILES string of the molecule is CCOc1cc(C=NNc2ccc([N+](=O)[O-])cc2S(=O)(=O)Nc2ccc(Cl)cc2)ccc1O. The van der Waals surface area contributed by atoms with Gasteiger partial charge in [-0.2, -0.15) is 5.10 Å². The number of halogens is 1. The lowest BCUT2D eigenvalue weighted by molar-refractivity contribution is -0.385. The van der Waals surface area contributed by atoms with E-state index in [1.165, 1.54) is 42.6 Å². The molecule has 0 aliphatic carbocycles. The topological polar surface area (TPSA) is 143 Å². The van der Waals surface area contributed by atoms with Crippen LogP contribution < -0.4 is 14.9 Å². The zero-order chi connectivity index (χ0) is 24.0. The van der Waals surface area contributed by atoms with E-state index in [1.807, 2.05) is 0 Å². The summed E-state index contributed by atoms with van der Waals surface area (Å²) in [5.41, 5.74) is 3.01. The van der Waals surface area contributed by atoms with Gasteiger partial charge in [0.25, 0.3) is 15.7 Å². The molecule has 0 aliphatic heterocycles. The largest absolute Gasteiger partial charge is 0.504 e. The molecule has 10 nitrogen and oxygen atoms in total. The third kappa shape index (κ3) is 6.11. The highest BCUT2D eigenvalue weighted by molar-refractivity contribution is 7.92. The predicted octanol–water partition coefficient (Wildman–Crippen LogP) is 4.60. The molecule has 172 valence electrons. The average molecular weight is 491 g/mol. The molecular weight excluding hydrogens is 472 g/mol. The van der Waals surface area contributed by atoms with Crippen molar-refractivity contribution < 1.29 is 23.2 Å². The van der Waals surface area contributed by atoms with Crippen LogP contribution in [0.1, 0.15) is 12.5 Å². The number of sulfonamides is 1. The van der Waals surface area contributed by atoms with Crippen LogP contribution in [0, 0.1) is 10.1 Å². The van der Waals surface area contributed by atoms with E-state index in [9.17, 15) is 23.6 Å². The van der Waals surface area contributed by atoms with Crippen LogP contribution in [-0.2, 0) is 10.0 Å². The Kier molecular flexibility index (Phi) is 7.36. The van der Waals surface area contributed by atoms with Crippen LogP contribution in [0.4, 0.5) is 17.1 Å². The monoisotopic (exact) mass is 490 g/mol. The molecule has 3 aromatic carbocycles. The summed E-state index contributed by atoms with van der Waals surface area (Å²) in [7, 11) is -4.21. The molecule has 0 heterocycles. The molecule has 33 heavy (non-hydrogen) atoms. The van der Waals surface area contributed by atoms with Crippen molar-refractivity contribution in [3.63, 3.8) is 0 Å². The van der Waals surface area contributed by atoms with Crippen molar-refractivity contribution in [3.05, 3.63) is 81.4 Å². The number of nitro groups is 1. The summed E-state index contributed by atoms with van der Waals surface area (Å²) >= 11 is 5.82. The molecule has 3 N–H and O–H groups in total. The highest BCUT2D eigenvalue weighted by atomic mass is 35.5. The molecule has 12 heteroatoms. The standard InChI is InChI=1S/C21H19ClN4O6S/c1-2-32-20-11-14(3-10-19(20)27)13-23-24-18-9-8-17(26(28)29)12-21(18)33(30,31)25-16-6-4-15(22)5-7-16/h3-13,24-25,27H,2H2,1H3. The van der Waals surface area contributed by atoms with E-state index in [1.54, 1.807) is 19.1 Å². The number of nitrogens with zero attached hydrogens (tertiary/aromatic N) is 2. The van der Waals surface area contributed by atoms with Gasteiger partial charge in [-0.15, -0.1) is 0 Å². The fraction of sp³-hybridized carbons (Fsp3) is 0.0952. The van der Waals surface area contributed by atoms with E-state index in [-0.39, 0.29) is 27.8 Å². The first kappa shape index (κ1) is 23.8. The maximum Gasteiger partial charge on any atom is 0.270 e. The van der Waals surface area contributed by atoms with E-state index in [4.69, 9.17) is 16.3 Å². The molecule has 0 fully saturated rings. The molecule has 0 spiro atoms. The van der Waals surface area contributed by atoms with Gasteiger partial charge in [-0.1, -0.05) is 11.6 Å². The number of nitro benzene ring substituents is 1. The molecular formula is C21H19ClN4O6S. The minimum absolute atomic E-state index is 0.0159. The van der Waals surface area contributed by atoms with Crippen LogP contribution in [0.3, 0.4) is 0 Å². The fourth-order valence-corrected chi connectivity index (χ4v) is 4.09. The molecule has 0 atom stereocenters. The molecule has 0 saturated carbocycles. The van der Waals surface area contributed by atoms with E-state index in [0.29, 0.717) is 17.2 Å². The van der Waals surface area contributed by atoms with Gasteiger partial charge in [-0.3, -0.25) is 20.3 Å². The number of phenolic OH excluding ortho intramolecular Hbond substituents is 1. The first-order valence-electron chi connectivity index (χ1n) is 9.51. The lowest BCUT2D eigenvalue weighted by Gasteiger charge is -2.12. The van der Waals surface area contributed by atoms with Gasteiger partial charge in [0.15, 0.2) is 11.5 Å². The number of aromatic hydroxyl groups is 1. The average Bonchev–Trinajstić information content (AvgIpc) is 2.77. The predicted molar refractivity (Wildman–Crippen MR) is 126 cm³/mol. The van der Waals surface area contributed by atoms with Crippen LogP contribution in [-0.4, -0.2) is 31.3 Å². The minimum Gasteiger partial charge on any atom is -0.504 e. The number of non-ortho nitro benzene ring substituents is 1. The van der Waals surface area contributed by atoms with Crippen molar-refractivity contribution in [2.45, 2.75) is 11.8 Å². The summed E-state index contributed by atoms with van der Waals surface area (Å²) in [6, 6.07) is 13.8. The maximum absolute atomic E-state index is 13.0. The zero-order valence-electron chi connectivity index (χ0n) is 17.2. The molecule has 0 unspecified atom stereocenters. The van der Waals surface area contributed by atoms with Gasteiger partial charge in [0.1, 0.15) is 4.90 Å².